The molecule has 1 fully saturated rings. The minimum absolute atomic E-state index is 0.0709. The summed E-state index contributed by atoms with van der Waals surface area (Å²) in [5, 5.41) is 1.06. The van der Waals surface area contributed by atoms with Crippen molar-refractivity contribution >= 4 is 16.8 Å². The van der Waals surface area contributed by atoms with E-state index >= 15 is 0 Å². The smallest absolute Gasteiger partial charge is 0.256 e. The van der Waals surface area contributed by atoms with Gasteiger partial charge in [0.2, 0.25) is 0 Å². The van der Waals surface area contributed by atoms with Crippen molar-refractivity contribution in [3.8, 4) is 0 Å². The number of nitrogens with one attached hydrogen (secondary N) is 1. The Balaban J connectivity index is 1.93. The second kappa shape index (κ2) is 5.26. The lowest BCUT2D eigenvalue weighted by Crippen LogP contribution is -2.56. The van der Waals surface area contributed by atoms with Crippen LogP contribution >= 0.6 is 0 Å². The minimum Gasteiger partial charge on any atom is -0.361 e. The quantitative estimate of drug-likeness (QED) is 0.853. The maximum Gasteiger partial charge on any atom is 0.256 e. The Kier molecular flexibility index (Phi) is 3.46. The van der Waals surface area contributed by atoms with Gasteiger partial charge in [-0.3, -0.25) is 4.79 Å². The number of hydrogen-bond acceptors (Lipinski definition) is 3. The molecule has 0 spiro atoms. The van der Waals surface area contributed by atoms with Gasteiger partial charge in [0.15, 0.2) is 0 Å². The van der Waals surface area contributed by atoms with Crippen LogP contribution < -0.4 is 5.73 Å². The summed E-state index contributed by atoms with van der Waals surface area (Å²) in [6.45, 7) is 2.96. The van der Waals surface area contributed by atoms with Crippen LogP contribution in [0, 0.1) is 0 Å². The summed E-state index contributed by atoms with van der Waals surface area (Å²) in [4.78, 5) is 20.1. The molecular formula is C15H20N4O. The average Bonchev–Trinajstić information content (AvgIpc) is 2.94. The van der Waals surface area contributed by atoms with Gasteiger partial charge in [-0.25, -0.2) is 0 Å². The Labute approximate surface area is 118 Å². The predicted molar refractivity (Wildman–Crippen MR) is 79.7 cm³/mol. The van der Waals surface area contributed by atoms with Crippen molar-refractivity contribution in [3.63, 3.8) is 0 Å². The largest absolute Gasteiger partial charge is 0.361 e. The van der Waals surface area contributed by atoms with Crippen LogP contribution in [0.15, 0.2) is 30.5 Å². The number of hydrogen-bond donors (Lipinski definition) is 2. The second-order valence-electron chi connectivity index (χ2n) is 5.40. The van der Waals surface area contributed by atoms with Crippen molar-refractivity contribution in [2.24, 2.45) is 5.73 Å². The van der Waals surface area contributed by atoms with Crippen molar-refractivity contribution in [3.05, 3.63) is 36.0 Å². The monoisotopic (exact) mass is 272 g/mol. The minimum atomic E-state index is 0.0709. The van der Waals surface area contributed by atoms with Crippen LogP contribution in [0.2, 0.25) is 0 Å². The first-order chi connectivity index (χ1) is 9.70. The summed E-state index contributed by atoms with van der Waals surface area (Å²) < 4.78 is 0. The Morgan fingerprint density at radius 1 is 1.40 bits per heavy atom. The number of aromatic nitrogens is 1. The Morgan fingerprint density at radius 2 is 2.25 bits per heavy atom. The van der Waals surface area contributed by atoms with Gasteiger partial charge in [0.1, 0.15) is 0 Å². The van der Waals surface area contributed by atoms with E-state index in [1.807, 2.05) is 35.4 Å². The Morgan fingerprint density at radius 3 is 3.05 bits per heavy atom. The maximum atomic E-state index is 12.8. The summed E-state index contributed by atoms with van der Waals surface area (Å²) in [6, 6.07) is 7.89. The topological polar surface area (TPSA) is 65.4 Å². The molecule has 20 heavy (non-hydrogen) atoms. The molecule has 0 aliphatic carbocycles. The number of likely N-dealkylation sites (N-methyl/N-ethyl adjacent to an activating group) is 1. The van der Waals surface area contributed by atoms with Gasteiger partial charge in [-0.1, -0.05) is 12.1 Å². The zero-order chi connectivity index (χ0) is 14.1. The summed E-state index contributed by atoms with van der Waals surface area (Å²) in [7, 11) is 2.07. The van der Waals surface area contributed by atoms with Crippen LogP contribution in [0.5, 0.6) is 0 Å². The highest BCUT2D eigenvalue weighted by Crippen LogP contribution is 2.20. The lowest BCUT2D eigenvalue weighted by atomic mass is 10.1. The van der Waals surface area contributed by atoms with E-state index in [1.54, 1.807) is 0 Å². The SMILES string of the molecule is CN1CCN(C(=O)c2cccc3cc[nH]c23)C(CN)C1. The first kappa shape index (κ1) is 13.1. The molecule has 1 aromatic heterocycles. The molecule has 5 heteroatoms. The molecule has 1 saturated heterocycles. The van der Waals surface area contributed by atoms with E-state index in [-0.39, 0.29) is 11.9 Å². The number of para-hydroxylation sites is 1. The van der Waals surface area contributed by atoms with Crippen LogP contribution in [-0.4, -0.2) is 60.0 Å². The van der Waals surface area contributed by atoms with Crippen LogP contribution in [0.25, 0.3) is 10.9 Å². The number of benzene rings is 1. The van der Waals surface area contributed by atoms with Crippen molar-refractivity contribution < 1.29 is 4.79 Å². The maximum absolute atomic E-state index is 12.8. The van der Waals surface area contributed by atoms with Gasteiger partial charge in [-0.15, -0.1) is 0 Å². The molecule has 1 atom stereocenters. The van der Waals surface area contributed by atoms with Gasteiger partial charge < -0.3 is 20.5 Å². The van der Waals surface area contributed by atoms with E-state index in [2.05, 4.69) is 16.9 Å². The molecule has 5 nitrogen and oxygen atoms in total. The highest BCUT2D eigenvalue weighted by atomic mass is 16.2. The lowest BCUT2D eigenvalue weighted by molar-refractivity contribution is 0.0518. The number of carbonyl (C=O) groups excluding carboxylic acids is 1. The average molecular weight is 272 g/mol. The molecule has 2 aromatic rings. The number of amides is 1. The number of rotatable bonds is 2. The fourth-order valence-electron chi connectivity index (χ4n) is 2.90. The summed E-state index contributed by atoms with van der Waals surface area (Å²) in [5.74, 6) is 0.0709. The van der Waals surface area contributed by atoms with E-state index in [0.717, 1.165) is 36.1 Å². The first-order valence-corrected chi connectivity index (χ1v) is 6.96. The molecule has 106 valence electrons. The molecule has 1 aliphatic heterocycles. The van der Waals surface area contributed by atoms with Gasteiger partial charge in [-0.2, -0.15) is 0 Å². The predicted octanol–water partition coefficient (Wildman–Crippen LogP) is 0.883. The molecule has 0 saturated carbocycles. The number of carbonyl (C=O) groups is 1. The number of H-pyrrole nitrogens is 1. The Bertz CT molecular complexity index is 621. The molecule has 3 rings (SSSR count). The van der Waals surface area contributed by atoms with Crippen LogP contribution in [0.1, 0.15) is 10.4 Å². The molecule has 1 unspecified atom stereocenters. The van der Waals surface area contributed by atoms with E-state index in [9.17, 15) is 4.79 Å². The van der Waals surface area contributed by atoms with Gasteiger partial charge in [0.05, 0.1) is 17.1 Å². The molecule has 0 bridgehead atoms. The van der Waals surface area contributed by atoms with Crippen molar-refractivity contribution in [1.29, 1.82) is 0 Å². The summed E-state index contributed by atoms with van der Waals surface area (Å²) >= 11 is 0. The van der Waals surface area contributed by atoms with E-state index in [4.69, 9.17) is 5.73 Å². The van der Waals surface area contributed by atoms with E-state index < -0.39 is 0 Å². The third-order valence-corrected chi connectivity index (χ3v) is 4.04. The van der Waals surface area contributed by atoms with Crippen LogP contribution in [0.4, 0.5) is 0 Å². The molecule has 1 aromatic carbocycles. The summed E-state index contributed by atoms with van der Waals surface area (Å²) in [5.41, 5.74) is 7.48. The van der Waals surface area contributed by atoms with Gasteiger partial charge in [0, 0.05) is 37.8 Å². The molecule has 1 aliphatic rings. The lowest BCUT2D eigenvalue weighted by Gasteiger charge is -2.39. The number of nitrogens with two attached hydrogens (primary N) is 1. The Hall–Kier alpha value is -1.85. The molecule has 3 N–H and O–H groups in total. The fourth-order valence-corrected chi connectivity index (χ4v) is 2.90. The highest BCUT2D eigenvalue weighted by molar-refractivity contribution is 6.05. The summed E-state index contributed by atoms with van der Waals surface area (Å²) in [6.07, 6.45) is 1.87. The van der Waals surface area contributed by atoms with Crippen LogP contribution in [-0.2, 0) is 0 Å². The molecule has 1 amide bonds. The third kappa shape index (κ3) is 2.19. The number of fused-ring (bicyclic) bond motifs is 1. The number of nitrogens with zero attached hydrogens (tertiary/aromatic N) is 2. The van der Waals surface area contributed by atoms with Gasteiger partial charge in [0.25, 0.3) is 5.91 Å². The van der Waals surface area contributed by atoms with Crippen molar-refractivity contribution in [1.82, 2.24) is 14.8 Å². The van der Waals surface area contributed by atoms with Gasteiger partial charge in [-0.05, 0) is 19.2 Å². The van der Waals surface area contributed by atoms with Crippen molar-refractivity contribution in [2.75, 3.05) is 33.2 Å². The molecule has 2 heterocycles. The zero-order valence-electron chi connectivity index (χ0n) is 11.7. The van der Waals surface area contributed by atoms with Gasteiger partial charge >= 0.3 is 0 Å². The standard InChI is InChI=1S/C15H20N4O/c1-18-7-8-19(12(9-16)10-18)15(20)13-4-2-3-11-5-6-17-14(11)13/h2-6,12,17H,7-10,16H2,1H3. The number of piperazine rings is 1. The van der Waals surface area contributed by atoms with Crippen LogP contribution in [0.3, 0.4) is 0 Å². The molecule has 0 radical (unpaired) electrons. The number of aromatic amines is 1. The fraction of sp³-hybridized carbons (Fsp3) is 0.400. The van der Waals surface area contributed by atoms with E-state index in [1.165, 1.54) is 0 Å². The normalized spacial score (nSPS) is 20.5. The second-order valence-corrected chi connectivity index (χ2v) is 5.40. The zero-order valence-corrected chi connectivity index (χ0v) is 11.7. The van der Waals surface area contributed by atoms with E-state index in [0.29, 0.717) is 6.54 Å². The van der Waals surface area contributed by atoms with Crippen molar-refractivity contribution in [2.45, 2.75) is 6.04 Å². The molecular weight excluding hydrogens is 252 g/mol. The highest BCUT2D eigenvalue weighted by Gasteiger charge is 2.29. The first-order valence-electron chi connectivity index (χ1n) is 6.96. The third-order valence-electron chi connectivity index (χ3n) is 4.04.